The van der Waals surface area contributed by atoms with Crippen molar-refractivity contribution >= 4 is 10.2 Å². The number of pyridine rings is 1. The SMILES string of the molecule is CN(CC1CC1)S(=O)(=O)N1CCNCC1c1cccnc1. The van der Waals surface area contributed by atoms with E-state index in [0.717, 1.165) is 18.4 Å². The van der Waals surface area contributed by atoms with Gasteiger partial charge in [0.15, 0.2) is 0 Å². The number of nitrogens with one attached hydrogen (secondary N) is 1. The highest BCUT2D eigenvalue weighted by Gasteiger charge is 2.37. The maximum Gasteiger partial charge on any atom is 0.282 e. The molecule has 7 heteroatoms. The van der Waals surface area contributed by atoms with Crippen LogP contribution in [0.5, 0.6) is 0 Å². The fourth-order valence-electron chi connectivity index (χ4n) is 2.76. The number of hydrogen-bond acceptors (Lipinski definition) is 4. The number of nitrogens with zero attached hydrogens (tertiary/aromatic N) is 3. The molecule has 1 aromatic heterocycles. The van der Waals surface area contributed by atoms with Crippen LogP contribution in [-0.4, -0.2) is 55.2 Å². The minimum atomic E-state index is -3.42. The molecule has 0 radical (unpaired) electrons. The van der Waals surface area contributed by atoms with Crippen LogP contribution in [0.1, 0.15) is 24.4 Å². The average molecular weight is 310 g/mol. The van der Waals surface area contributed by atoms with Gasteiger partial charge in [0.2, 0.25) is 0 Å². The van der Waals surface area contributed by atoms with Gasteiger partial charge >= 0.3 is 0 Å². The average Bonchev–Trinajstić information content (AvgIpc) is 3.32. The molecule has 1 aromatic rings. The van der Waals surface area contributed by atoms with Crippen molar-refractivity contribution in [3.8, 4) is 0 Å². The van der Waals surface area contributed by atoms with Crippen LogP contribution >= 0.6 is 0 Å². The van der Waals surface area contributed by atoms with Gasteiger partial charge in [-0.25, -0.2) is 0 Å². The highest BCUT2D eigenvalue weighted by molar-refractivity contribution is 7.86. The van der Waals surface area contributed by atoms with E-state index in [2.05, 4.69) is 10.3 Å². The summed E-state index contributed by atoms with van der Waals surface area (Å²) in [6.07, 6.45) is 5.75. The zero-order chi connectivity index (χ0) is 14.9. The second-order valence-corrected chi connectivity index (χ2v) is 7.84. The molecule has 0 aromatic carbocycles. The molecular weight excluding hydrogens is 288 g/mol. The van der Waals surface area contributed by atoms with Gasteiger partial charge in [0.05, 0.1) is 6.04 Å². The van der Waals surface area contributed by atoms with Crippen LogP contribution < -0.4 is 5.32 Å². The van der Waals surface area contributed by atoms with Gasteiger partial charge in [-0.05, 0) is 30.4 Å². The molecule has 1 aliphatic heterocycles. The summed E-state index contributed by atoms with van der Waals surface area (Å²) >= 11 is 0. The molecule has 6 nitrogen and oxygen atoms in total. The summed E-state index contributed by atoms with van der Waals surface area (Å²) in [4.78, 5) is 4.12. The largest absolute Gasteiger partial charge is 0.313 e. The zero-order valence-corrected chi connectivity index (χ0v) is 13.1. The van der Waals surface area contributed by atoms with Gasteiger partial charge in [-0.15, -0.1) is 0 Å². The molecule has 1 unspecified atom stereocenters. The van der Waals surface area contributed by atoms with Crippen LogP contribution in [0.15, 0.2) is 24.5 Å². The first-order valence-electron chi connectivity index (χ1n) is 7.43. The van der Waals surface area contributed by atoms with E-state index >= 15 is 0 Å². The third-order valence-electron chi connectivity index (χ3n) is 4.17. The molecule has 0 bridgehead atoms. The molecular formula is C14H22N4O2S. The molecule has 1 saturated heterocycles. The maximum atomic E-state index is 12.8. The molecule has 116 valence electrons. The van der Waals surface area contributed by atoms with Gasteiger partial charge in [0.25, 0.3) is 10.2 Å². The van der Waals surface area contributed by atoms with Gasteiger partial charge in [-0.3, -0.25) is 4.98 Å². The van der Waals surface area contributed by atoms with Crippen LogP contribution in [-0.2, 0) is 10.2 Å². The molecule has 2 fully saturated rings. The Morgan fingerprint density at radius 3 is 2.95 bits per heavy atom. The van der Waals surface area contributed by atoms with Crippen molar-refractivity contribution in [1.29, 1.82) is 0 Å². The Balaban J connectivity index is 1.82. The standard InChI is InChI=1S/C14H22N4O2S/c1-17(11-12-4-5-12)21(19,20)18-8-7-16-10-14(18)13-3-2-6-15-9-13/h2-3,6,9,12,14,16H,4-5,7-8,10-11H2,1H3. The Morgan fingerprint density at radius 1 is 1.48 bits per heavy atom. The van der Waals surface area contributed by atoms with Gasteiger partial charge < -0.3 is 5.32 Å². The van der Waals surface area contributed by atoms with Crippen molar-refractivity contribution in [2.75, 3.05) is 33.2 Å². The van der Waals surface area contributed by atoms with Crippen LogP contribution in [0, 0.1) is 5.92 Å². The Morgan fingerprint density at radius 2 is 2.29 bits per heavy atom. The Hall–Kier alpha value is -1.02. The summed E-state index contributed by atoms with van der Waals surface area (Å²) in [5, 5.41) is 3.28. The second-order valence-electron chi connectivity index (χ2n) is 5.85. The van der Waals surface area contributed by atoms with Gasteiger partial charge in [-0.2, -0.15) is 17.0 Å². The van der Waals surface area contributed by atoms with Gasteiger partial charge in [0, 0.05) is 45.6 Å². The molecule has 21 heavy (non-hydrogen) atoms. The lowest BCUT2D eigenvalue weighted by molar-refractivity contribution is 0.251. The molecule has 3 rings (SSSR count). The quantitative estimate of drug-likeness (QED) is 0.865. The highest BCUT2D eigenvalue weighted by atomic mass is 32.2. The molecule has 1 N–H and O–H groups in total. The van der Waals surface area contributed by atoms with Gasteiger partial charge in [0.1, 0.15) is 0 Å². The lowest BCUT2D eigenvalue weighted by Crippen LogP contribution is -2.52. The Bertz CT molecular complexity index is 574. The van der Waals surface area contributed by atoms with Crippen molar-refractivity contribution in [1.82, 2.24) is 18.9 Å². The summed E-state index contributed by atoms with van der Waals surface area (Å²) in [5.74, 6) is 0.546. The van der Waals surface area contributed by atoms with E-state index in [4.69, 9.17) is 0 Å². The number of hydrogen-bond donors (Lipinski definition) is 1. The second kappa shape index (κ2) is 6.00. The topological polar surface area (TPSA) is 65.5 Å². The number of piperazine rings is 1. The predicted octanol–water partition coefficient (Wildman–Crippen LogP) is 0.615. The third kappa shape index (κ3) is 3.26. The van der Waals surface area contributed by atoms with E-state index in [9.17, 15) is 8.42 Å². The monoisotopic (exact) mass is 310 g/mol. The van der Waals surface area contributed by atoms with E-state index in [0.29, 0.717) is 32.1 Å². The molecule has 2 aliphatic rings. The van der Waals surface area contributed by atoms with Crippen molar-refractivity contribution in [2.24, 2.45) is 5.92 Å². The lowest BCUT2D eigenvalue weighted by Gasteiger charge is -2.37. The minimum absolute atomic E-state index is 0.181. The van der Waals surface area contributed by atoms with Gasteiger partial charge in [-0.1, -0.05) is 6.07 Å². The first-order chi connectivity index (χ1) is 10.1. The minimum Gasteiger partial charge on any atom is -0.313 e. The van der Waals surface area contributed by atoms with Crippen molar-refractivity contribution in [3.63, 3.8) is 0 Å². The van der Waals surface area contributed by atoms with E-state index in [-0.39, 0.29) is 6.04 Å². The fraction of sp³-hybridized carbons (Fsp3) is 0.643. The molecule has 2 heterocycles. The first kappa shape index (κ1) is 14.9. The number of rotatable bonds is 5. The molecule has 1 aliphatic carbocycles. The summed E-state index contributed by atoms with van der Waals surface area (Å²) in [7, 11) is -1.73. The smallest absolute Gasteiger partial charge is 0.282 e. The van der Waals surface area contributed by atoms with Crippen LogP contribution in [0.2, 0.25) is 0 Å². The number of aromatic nitrogens is 1. The molecule has 0 spiro atoms. The highest BCUT2D eigenvalue weighted by Crippen LogP contribution is 2.32. The summed E-state index contributed by atoms with van der Waals surface area (Å²) in [6, 6.07) is 3.61. The normalized spacial score (nSPS) is 24.4. The maximum absolute atomic E-state index is 12.8. The van der Waals surface area contributed by atoms with E-state index in [1.54, 1.807) is 23.7 Å². The Kier molecular flexibility index (Phi) is 4.26. The zero-order valence-electron chi connectivity index (χ0n) is 12.3. The fourth-order valence-corrected chi connectivity index (χ4v) is 4.35. The van der Waals surface area contributed by atoms with Crippen molar-refractivity contribution in [3.05, 3.63) is 30.1 Å². The molecule has 0 amide bonds. The third-order valence-corrected chi connectivity index (χ3v) is 6.13. The van der Waals surface area contributed by atoms with E-state index in [1.165, 1.54) is 4.31 Å². The van der Waals surface area contributed by atoms with Crippen LogP contribution in [0.4, 0.5) is 0 Å². The summed E-state index contributed by atoms with van der Waals surface area (Å²) in [5.41, 5.74) is 0.938. The van der Waals surface area contributed by atoms with Crippen LogP contribution in [0.3, 0.4) is 0 Å². The summed E-state index contributed by atoms with van der Waals surface area (Å²) < 4.78 is 28.8. The lowest BCUT2D eigenvalue weighted by atomic mass is 10.1. The van der Waals surface area contributed by atoms with Crippen molar-refractivity contribution in [2.45, 2.75) is 18.9 Å². The van der Waals surface area contributed by atoms with E-state index < -0.39 is 10.2 Å². The van der Waals surface area contributed by atoms with E-state index in [1.807, 2.05) is 12.1 Å². The first-order valence-corrected chi connectivity index (χ1v) is 8.82. The van der Waals surface area contributed by atoms with Crippen molar-refractivity contribution < 1.29 is 8.42 Å². The summed E-state index contributed by atoms with van der Waals surface area (Å²) in [6.45, 7) is 2.44. The Labute approximate surface area is 126 Å². The molecule has 1 saturated carbocycles. The van der Waals surface area contributed by atoms with Crippen LogP contribution in [0.25, 0.3) is 0 Å². The molecule has 1 atom stereocenters. The predicted molar refractivity (Wildman–Crippen MR) is 80.8 cm³/mol.